The molecular weight excluding hydrogens is 308 g/mol. The third kappa shape index (κ3) is 3.37. The maximum Gasteiger partial charge on any atom is 0.249 e. The van der Waals surface area contributed by atoms with Crippen molar-refractivity contribution in [2.75, 3.05) is 32.8 Å². The number of hydrogen-bond acceptors (Lipinski definition) is 4. The first kappa shape index (κ1) is 15.4. The summed E-state index contributed by atoms with van der Waals surface area (Å²) >= 11 is 1.82. The summed E-state index contributed by atoms with van der Waals surface area (Å²) < 4.78 is 6.07. The molecule has 0 bridgehead atoms. The predicted octanol–water partition coefficient (Wildman–Crippen LogP) is 2.52. The molecule has 3 aliphatic rings. The van der Waals surface area contributed by atoms with Gasteiger partial charge in [-0.25, -0.2) is 0 Å². The third-order valence-electron chi connectivity index (χ3n) is 5.18. The molecule has 0 aromatic carbocycles. The number of amides is 1. The molecule has 0 spiro atoms. The highest BCUT2D eigenvalue weighted by atomic mass is 32.1. The van der Waals surface area contributed by atoms with Crippen LogP contribution in [0.3, 0.4) is 0 Å². The first-order chi connectivity index (χ1) is 11.3. The number of carbonyl (C=O) groups is 1. The van der Waals surface area contributed by atoms with Crippen molar-refractivity contribution in [3.63, 3.8) is 0 Å². The van der Waals surface area contributed by atoms with Crippen molar-refractivity contribution in [2.24, 2.45) is 5.92 Å². The molecule has 0 unspecified atom stereocenters. The summed E-state index contributed by atoms with van der Waals surface area (Å²) in [5.74, 6) is 0.701. The van der Waals surface area contributed by atoms with E-state index < -0.39 is 0 Å². The summed E-state index contributed by atoms with van der Waals surface area (Å²) in [7, 11) is 0. The molecule has 1 aromatic rings. The van der Waals surface area contributed by atoms with Gasteiger partial charge in [-0.3, -0.25) is 9.69 Å². The van der Waals surface area contributed by atoms with E-state index >= 15 is 0 Å². The SMILES string of the molecule is O=C(C1=CCCC1)N1C[C@@H]2CN(Cc3cccs3)CCO[C@@H]2C1. The average molecular weight is 332 g/mol. The smallest absolute Gasteiger partial charge is 0.249 e. The molecule has 1 aliphatic carbocycles. The van der Waals surface area contributed by atoms with E-state index in [4.69, 9.17) is 4.74 Å². The summed E-state index contributed by atoms with van der Waals surface area (Å²) in [6, 6.07) is 4.31. The zero-order valence-corrected chi connectivity index (χ0v) is 14.3. The lowest BCUT2D eigenvalue weighted by atomic mass is 10.1. The quantitative estimate of drug-likeness (QED) is 0.853. The minimum atomic E-state index is 0.217. The van der Waals surface area contributed by atoms with Crippen LogP contribution in [0, 0.1) is 5.92 Å². The van der Waals surface area contributed by atoms with E-state index in [-0.39, 0.29) is 12.0 Å². The second kappa shape index (κ2) is 6.75. The third-order valence-corrected chi connectivity index (χ3v) is 6.04. The fourth-order valence-corrected chi connectivity index (χ4v) is 4.71. The van der Waals surface area contributed by atoms with Crippen LogP contribution >= 0.6 is 11.3 Å². The summed E-state index contributed by atoms with van der Waals surface area (Å²) in [4.78, 5) is 18.5. The molecule has 4 rings (SSSR count). The molecule has 2 fully saturated rings. The number of allylic oxidation sites excluding steroid dienone is 1. The molecule has 1 amide bonds. The number of likely N-dealkylation sites (tertiary alicyclic amines) is 1. The van der Waals surface area contributed by atoms with E-state index in [0.29, 0.717) is 5.92 Å². The summed E-state index contributed by atoms with van der Waals surface area (Å²) in [6.07, 6.45) is 5.49. The van der Waals surface area contributed by atoms with Crippen LogP contribution in [-0.4, -0.2) is 54.6 Å². The maximum atomic E-state index is 12.6. The van der Waals surface area contributed by atoms with Gasteiger partial charge in [0.15, 0.2) is 0 Å². The van der Waals surface area contributed by atoms with Gasteiger partial charge in [0, 0.05) is 49.1 Å². The molecule has 0 radical (unpaired) electrons. The normalized spacial score (nSPS) is 28.5. The van der Waals surface area contributed by atoms with E-state index in [1.54, 1.807) is 0 Å². The number of thiophene rings is 1. The van der Waals surface area contributed by atoms with Gasteiger partial charge in [-0.1, -0.05) is 12.1 Å². The molecule has 2 saturated heterocycles. The van der Waals surface area contributed by atoms with Crippen molar-refractivity contribution < 1.29 is 9.53 Å². The van der Waals surface area contributed by atoms with E-state index in [2.05, 4.69) is 28.5 Å². The fourth-order valence-electron chi connectivity index (χ4n) is 3.96. The van der Waals surface area contributed by atoms with Crippen LogP contribution in [0.2, 0.25) is 0 Å². The monoisotopic (exact) mass is 332 g/mol. The molecule has 4 nitrogen and oxygen atoms in total. The van der Waals surface area contributed by atoms with Crippen molar-refractivity contribution in [3.8, 4) is 0 Å². The Morgan fingerprint density at radius 1 is 1.35 bits per heavy atom. The largest absolute Gasteiger partial charge is 0.375 e. The summed E-state index contributed by atoms with van der Waals surface area (Å²) in [5, 5.41) is 2.14. The number of hydrogen-bond donors (Lipinski definition) is 0. The summed E-state index contributed by atoms with van der Waals surface area (Å²) in [6.45, 7) is 5.42. The molecule has 1 aromatic heterocycles. The fraction of sp³-hybridized carbons (Fsp3) is 0.611. The lowest BCUT2D eigenvalue weighted by Gasteiger charge is -2.23. The van der Waals surface area contributed by atoms with Gasteiger partial charge in [0.25, 0.3) is 0 Å². The van der Waals surface area contributed by atoms with E-state index in [0.717, 1.165) is 64.2 Å². The van der Waals surface area contributed by atoms with Crippen LogP contribution in [0.1, 0.15) is 24.1 Å². The van der Waals surface area contributed by atoms with Gasteiger partial charge < -0.3 is 9.64 Å². The van der Waals surface area contributed by atoms with Gasteiger partial charge in [-0.15, -0.1) is 11.3 Å². The Morgan fingerprint density at radius 3 is 3.09 bits per heavy atom. The second-order valence-electron chi connectivity index (χ2n) is 6.82. The predicted molar refractivity (Wildman–Crippen MR) is 91.3 cm³/mol. The maximum absolute atomic E-state index is 12.6. The van der Waals surface area contributed by atoms with Crippen molar-refractivity contribution in [3.05, 3.63) is 34.0 Å². The first-order valence-corrected chi connectivity index (χ1v) is 9.52. The molecule has 0 saturated carbocycles. The molecule has 0 N–H and O–H groups in total. The second-order valence-corrected chi connectivity index (χ2v) is 7.85. The van der Waals surface area contributed by atoms with E-state index in [1.807, 2.05) is 16.2 Å². The Balaban J connectivity index is 1.39. The number of nitrogens with zero attached hydrogens (tertiary/aromatic N) is 2. The average Bonchev–Trinajstić information content (AvgIpc) is 3.28. The number of carbonyl (C=O) groups excluding carboxylic acids is 1. The summed E-state index contributed by atoms with van der Waals surface area (Å²) in [5.41, 5.74) is 1.02. The molecule has 124 valence electrons. The Hall–Kier alpha value is -1.17. The minimum Gasteiger partial charge on any atom is -0.375 e. The Labute approximate surface area is 141 Å². The van der Waals surface area contributed by atoms with Crippen molar-refractivity contribution in [1.29, 1.82) is 0 Å². The number of rotatable bonds is 3. The highest BCUT2D eigenvalue weighted by Gasteiger charge is 2.39. The first-order valence-electron chi connectivity index (χ1n) is 8.64. The molecule has 2 atom stereocenters. The van der Waals surface area contributed by atoms with Crippen molar-refractivity contribution in [1.82, 2.24) is 9.80 Å². The van der Waals surface area contributed by atoms with Gasteiger partial charge in [0.1, 0.15) is 0 Å². The van der Waals surface area contributed by atoms with Crippen LogP contribution in [0.4, 0.5) is 0 Å². The Morgan fingerprint density at radius 2 is 2.30 bits per heavy atom. The highest BCUT2D eigenvalue weighted by Crippen LogP contribution is 2.28. The standard InChI is InChI=1S/C18H24N2O2S/c21-18(14-4-1-2-5-14)20-11-15-10-19(7-8-22-17(15)13-20)12-16-6-3-9-23-16/h3-4,6,9,15,17H,1-2,5,7-8,10-13H2/t15-,17+/m0/s1. The topological polar surface area (TPSA) is 32.8 Å². The van der Waals surface area contributed by atoms with Crippen LogP contribution in [0.15, 0.2) is 29.2 Å². The van der Waals surface area contributed by atoms with Gasteiger partial charge in [-0.2, -0.15) is 0 Å². The lowest BCUT2D eigenvalue weighted by Crippen LogP contribution is -2.34. The van der Waals surface area contributed by atoms with Gasteiger partial charge in [-0.05, 0) is 30.7 Å². The van der Waals surface area contributed by atoms with Gasteiger partial charge in [0.05, 0.1) is 12.7 Å². The van der Waals surface area contributed by atoms with Crippen LogP contribution in [0.25, 0.3) is 0 Å². The van der Waals surface area contributed by atoms with Crippen LogP contribution in [-0.2, 0) is 16.1 Å². The van der Waals surface area contributed by atoms with Crippen molar-refractivity contribution in [2.45, 2.75) is 31.9 Å². The van der Waals surface area contributed by atoms with Crippen LogP contribution < -0.4 is 0 Å². The Kier molecular flexibility index (Phi) is 4.51. The zero-order valence-electron chi connectivity index (χ0n) is 13.4. The molecule has 23 heavy (non-hydrogen) atoms. The van der Waals surface area contributed by atoms with Gasteiger partial charge in [0.2, 0.25) is 5.91 Å². The number of ether oxygens (including phenoxy) is 1. The molecule has 3 heterocycles. The zero-order chi connectivity index (χ0) is 15.6. The highest BCUT2D eigenvalue weighted by molar-refractivity contribution is 7.09. The van der Waals surface area contributed by atoms with Crippen LogP contribution in [0.5, 0.6) is 0 Å². The van der Waals surface area contributed by atoms with Crippen molar-refractivity contribution >= 4 is 17.2 Å². The molecular formula is C18H24N2O2S. The molecule has 5 heteroatoms. The lowest BCUT2D eigenvalue weighted by molar-refractivity contribution is -0.126. The van der Waals surface area contributed by atoms with E-state index in [9.17, 15) is 4.79 Å². The minimum absolute atomic E-state index is 0.217. The molecule has 2 aliphatic heterocycles. The number of fused-ring (bicyclic) bond motifs is 1. The van der Waals surface area contributed by atoms with E-state index in [1.165, 1.54) is 4.88 Å². The van der Waals surface area contributed by atoms with Gasteiger partial charge >= 0.3 is 0 Å². The Bertz CT molecular complexity index is 584.